The summed E-state index contributed by atoms with van der Waals surface area (Å²) in [4.78, 5) is 16.6. The molecule has 2 rings (SSSR count). The number of aromatic nitrogens is 3. The highest BCUT2D eigenvalue weighted by Gasteiger charge is 2.16. The number of ketones is 1. The second-order valence-corrected chi connectivity index (χ2v) is 4.70. The zero-order valence-electron chi connectivity index (χ0n) is 12.1. The monoisotopic (exact) mass is 273 g/mol. The minimum Gasteiger partial charge on any atom is -0.496 e. The van der Waals surface area contributed by atoms with Crippen LogP contribution in [0, 0.1) is 6.92 Å². The summed E-state index contributed by atoms with van der Waals surface area (Å²) in [5.74, 6) is 1.29. The first kappa shape index (κ1) is 14.2. The number of nitrogens with zero attached hydrogens (tertiary/aromatic N) is 3. The van der Waals surface area contributed by atoms with Crippen molar-refractivity contribution in [1.82, 2.24) is 14.8 Å². The van der Waals surface area contributed by atoms with Crippen molar-refractivity contribution < 1.29 is 9.53 Å². The molecule has 1 aromatic carbocycles. The van der Waals surface area contributed by atoms with Gasteiger partial charge in [-0.2, -0.15) is 5.10 Å². The second kappa shape index (κ2) is 6.32. The van der Waals surface area contributed by atoms with Crippen molar-refractivity contribution in [2.75, 3.05) is 7.11 Å². The molecule has 1 aromatic heterocycles. The van der Waals surface area contributed by atoms with E-state index in [4.69, 9.17) is 4.74 Å². The summed E-state index contributed by atoms with van der Waals surface area (Å²) in [6.07, 6.45) is 2.68. The van der Waals surface area contributed by atoms with Crippen molar-refractivity contribution in [2.24, 2.45) is 0 Å². The Bertz CT molecular complexity index is 605. The Hall–Kier alpha value is -2.17. The quantitative estimate of drug-likeness (QED) is 0.758. The van der Waals surface area contributed by atoms with Crippen LogP contribution in [0.15, 0.2) is 24.5 Å². The van der Waals surface area contributed by atoms with Crippen LogP contribution in [0.1, 0.15) is 35.1 Å². The van der Waals surface area contributed by atoms with Crippen LogP contribution in [0.25, 0.3) is 0 Å². The lowest BCUT2D eigenvalue weighted by Crippen LogP contribution is -2.12. The smallest absolute Gasteiger partial charge is 0.174 e. The molecule has 0 amide bonds. The summed E-state index contributed by atoms with van der Waals surface area (Å²) in [5.41, 5.74) is 1.65. The fourth-order valence-electron chi connectivity index (χ4n) is 2.09. The van der Waals surface area contributed by atoms with E-state index in [1.54, 1.807) is 17.9 Å². The highest BCUT2D eigenvalue weighted by molar-refractivity contribution is 5.99. The number of Topliss-reactive ketones (excluding diaryl/α,β-unsaturated/α-hetero) is 1. The Morgan fingerprint density at radius 3 is 2.90 bits per heavy atom. The molecule has 106 valence electrons. The molecule has 5 heteroatoms. The van der Waals surface area contributed by atoms with Crippen molar-refractivity contribution >= 4 is 5.78 Å². The number of hydrogen-bond acceptors (Lipinski definition) is 4. The fourth-order valence-corrected chi connectivity index (χ4v) is 2.09. The van der Waals surface area contributed by atoms with Gasteiger partial charge in [0, 0.05) is 6.54 Å². The first-order chi connectivity index (χ1) is 9.65. The minimum absolute atomic E-state index is 0.00722. The Morgan fingerprint density at radius 2 is 2.20 bits per heavy atom. The van der Waals surface area contributed by atoms with Crippen molar-refractivity contribution in [3.8, 4) is 5.75 Å². The molecule has 0 saturated heterocycles. The molecule has 0 atom stereocenters. The maximum atomic E-state index is 12.4. The van der Waals surface area contributed by atoms with Crippen LogP contribution < -0.4 is 4.74 Å². The van der Waals surface area contributed by atoms with Crippen LogP contribution in [0.3, 0.4) is 0 Å². The molecule has 0 aliphatic heterocycles. The summed E-state index contributed by atoms with van der Waals surface area (Å²) in [6, 6.07) is 5.58. The van der Waals surface area contributed by atoms with Crippen molar-refractivity contribution in [1.29, 1.82) is 0 Å². The molecule has 0 aliphatic carbocycles. The van der Waals surface area contributed by atoms with Crippen LogP contribution in [0.2, 0.25) is 0 Å². The summed E-state index contributed by atoms with van der Waals surface area (Å²) in [6.45, 7) is 4.80. The first-order valence-electron chi connectivity index (χ1n) is 6.70. The molecule has 0 aliphatic rings. The third-order valence-corrected chi connectivity index (χ3v) is 3.11. The van der Waals surface area contributed by atoms with Gasteiger partial charge < -0.3 is 4.74 Å². The van der Waals surface area contributed by atoms with Gasteiger partial charge in [-0.25, -0.2) is 9.67 Å². The molecule has 0 N–H and O–H groups in total. The predicted molar refractivity (Wildman–Crippen MR) is 76.1 cm³/mol. The Balaban J connectivity index is 2.22. The van der Waals surface area contributed by atoms with Crippen molar-refractivity contribution in [2.45, 2.75) is 33.2 Å². The van der Waals surface area contributed by atoms with Crippen LogP contribution in [0.5, 0.6) is 5.75 Å². The minimum atomic E-state index is -0.00722. The lowest BCUT2D eigenvalue weighted by Gasteiger charge is -2.09. The van der Waals surface area contributed by atoms with Crippen LogP contribution in [0.4, 0.5) is 0 Å². The van der Waals surface area contributed by atoms with E-state index in [0.717, 1.165) is 18.5 Å². The predicted octanol–water partition coefficient (Wildman–Crippen LogP) is 2.43. The highest BCUT2D eigenvalue weighted by atomic mass is 16.5. The number of carbonyl (C=O) groups is 1. The lowest BCUT2D eigenvalue weighted by molar-refractivity contribution is 0.0986. The van der Waals surface area contributed by atoms with E-state index in [1.165, 1.54) is 6.33 Å². The molecule has 0 unspecified atom stereocenters. The number of carbonyl (C=O) groups excluding carboxylic acids is 1. The Kier molecular flexibility index (Phi) is 4.50. The third-order valence-electron chi connectivity index (χ3n) is 3.11. The van der Waals surface area contributed by atoms with Gasteiger partial charge in [-0.05, 0) is 31.0 Å². The highest BCUT2D eigenvalue weighted by Crippen LogP contribution is 2.21. The van der Waals surface area contributed by atoms with E-state index >= 15 is 0 Å². The van der Waals surface area contributed by atoms with E-state index in [1.807, 2.05) is 19.1 Å². The van der Waals surface area contributed by atoms with Crippen molar-refractivity contribution in [3.05, 3.63) is 41.5 Å². The fraction of sp³-hybridized carbons (Fsp3) is 0.400. The molecular weight excluding hydrogens is 254 g/mol. The van der Waals surface area contributed by atoms with Gasteiger partial charge in [-0.1, -0.05) is 13.0 Å². The second-order valence-electron chi connectivity index (χ2n) is 4.70. The number of aryl methyl sites for hydroxylation is 2. The lowest BCUT2D eigenvalue weighted by atomic mass is 10.0. The number of ether oxygens (including phenoxy) is 1. The van der Waals surface area contributed by atoms with Gasteiger partial charge >= 0.3 is 0 Å². The average molecular weight is 273 g/mol. The van der Waals surface area contributed by atoms with Crippen LogP contribution >= 0.6 is 0 Å². The summed E-state index contributed by atoms with van der Waals surface area (Å²) in [7, 11) is 1.57. The normalized spacial score (nSPS) is 10.6. The van der Waals surface area contributed by atoms with Gasteiger partial charge in [-0.3, -0.25) is 4.79 Å². The molecule has 0 bridgehead atoms. The number of hydrogen-bond donors (Lipinski definition) is 0. The number of methoxy groups -OCH3 is 1. The molecule has 20 heavy (non-hydrogen) atoms. The van der Waals surface area contributed by atoms with Crippen LogP contribution in [-0.4, -0.2) is 27.7 Å². The zero-order chi connectivity index (χ0) is 14.5. The van der Waals surface area contributed by atoms with E-state index < -0.39 is 0 Å². The van der Waals surface area contributed by atoms with Gasteiger partial charge in [0.25, 0.3) is 0 Å². The maximum Gasteiger partial charge on any atom is 0.174 e. The maximum absolute atomic E-state index is 12.4. The van der Waals surface area contributed by atoms with Gasteiger partial charge in [-0.15, -0.1) is 0 Å². The van der Waals surface area contributed by atoms with Gasteiger partial charge in [0.05, 0.1) is 19.1 Å². The molecular formula is C15H19N3O2. The molecule has 5 nitrogen and oxygen atoms in total. The molecule has 0 spiro atoms. The average Bonchev–Trinajstić information content (AvgIpc) is 2.86. The first-order valence-corrected chi connectivity index (χ1v) is 6.70. The summed E-state index contributed by atoms with van der Waals surface area (Å²) in [5, 5.41) is 4.13. The Labute approximate surface area is 118 Å². The van der Waals surface area contributed by atoms with E-state index in [0.29, 0.717) is 17.1 Å². The SMILES string of the molecule is CCCn1ncnc1CC(=O)c1ccc(C)cc1OC. The Morgan fingerprint density at radius 1 is 1.40 bits per heavy atom. The van der Waals surface area contributed by atoms with E-state index in [9.17, 15) is 4.79 Å². The number of rotatable bonds is 6. The van der Waals surface area contributed by atoms with E-state index in [-0.39, 0.29) is 12.2 Å². The molecule has 0 saturated carbocycles. The van der Waals surface area contributed by atoms with E-state index in [2.05, 4.69) is 17.0 Å². The molecule has 1 heterocycles. The largest absolute Gasteiger partial charge is 0.496 e. The van der Waals surface area contributed by atoms with Crippen LogP contribution in [-0.2, 0) is 13.0 Å². The molecule has 0 fully saturated rings. The summed E-state index contributed by atoms with van der Waals surface area (Å²) < 4.78 is 7.06. The van der Waals surface area contributed by atoms with Crippen molar-refractivity contribution in [3.63, 3.8) is 0 Å². The van der Waals surface area contributed by atoms with Gasteiger partial charge in [0.15, 0.2) is 5.78 Å². The standard InChI is InChI=1S/C15H19N3O2/c1-4-7-18-15(16-10-17-18)9-13(19)12-6-5-11(2)8-14(12)20-3/h5-6,8,10H,4,7,9H2,1-3H3. The van der Waals surface area contributed by atoms with Gasteiger partial charge in [0.1, 0.15) is 17.9 Å². The molecule has 0 radical (unpaired) electrons. The number of benzene rings is 1. The summed E-state index contributed by atoms with van der Waals surface area (Å²) >= 11 is 0. The molecule has 2 aromatic rings. The topological polar surface area (TPSA) is 57.0 Å². The van der Waals surface area contributed by atoms with Gasteiger partial charge in [0.2, 0.25) is 0 Å². The third kappa shape index (κ3) is 3.04. The zero-order valence-corrected chi connectivity index (χ0v) is 12.1.